The third-order valence-electron chi connectivity index (χ3n) is 1.98. The fourth-order valence-corrected chi connectivity index (χ4v) is 1.17. The predicted octanol–water partition coefficient (Wildman–Crippen LogP) is 2.39. The molecule has 0 fully saturated rings. The molecule has 1 aromatic rings. The van der Waals surface area contributed by atoms with Crippen molar-refractivity contribution in [2.45, 2.75) is 39.7 Å². The molecule has 5 nitrogen and oxygen atoms in total. The molecule has 18 heavy (non-hydrogen) atoms. The van der Waals surface area contributed by atoms with Gasteiger partial charge in [0.1, 0.15) is 11.3 Å². The molecular weight excluding hydrogens is 232 g/mol. The summed E-state index contributed by atoms with van der Waals surface area (Å²) in [5, 5.41) is 2.65. The third kappa shape index (κ3) is 4.53. The third-order valence-corrected chi connectivity index (χ3v) is 1.98. The number of ether oxygens (including phenoxy) is 1. The lowest BCUT2D eigenvalue weighted by Crippen LogP contribution is -2.24. The van der Waals surface area contributed by atoms with Crippen LogP contribution in [0, 0.1) is 0 Å². The van der Waals surface area contributed by atoms with Crippen molar-refractivity contribution in [3.63, 3.8) is 0 Å². The highest BCUT2D eigenvalue weighted by Gasteiger charge is 2.18. The van der Waals surface area contributed by atoms with Gasteiger partial charge in [0.05, 0.1) is 11.9 Å². The molecule has 1 amide bonds. The number of nitrogens with zero attached hydrogens (tertiary/aromatic N) is 1. The number of esters is 1. The number of amides is 1. The van der Waals surface area contributed by atoms with Crippen molar-refractivity contribution in [3.8, 4) is 0 Å². The molecule has 1 N–H and O–H groups in total. The van der Waals surface area contributed by atoms with Gasteiger partial charge in [-0.25, -0.2) is 9.78 Å². The summed E-state index contributed by atoms with van der Waals surface area (Å²) in [5.74, 6) is -0.572. The van der Waals surface area contributed by atoms with Gasteiger partial charge in [0.25, 0.3) is 0 Å². The quantitative estimate of drug-likeness (QED) is 0.836. The van der Waals surface area contributed by atoms with Crippen molar-refractivity contribution in [2.75, 3.05) is 5.32 Å². The SMILES string of the molecule is CCC(=O)Nc1ccc(C(=O)OC(C)(C)C)nc1. The summed E-state index contributed by atoms with van der Waals surface area (Å²) in [6.07, 6.45) is 1.83. The molecule has 0 radical (unpaired) electrons. The number of rotatable bonds is 3. The average Bonchev–Trinajstić information content (AvgIpc) is 2.27. The lowest BCUT2D eigenvalue weighted by molar-refractivity contribution is -0.115. The summed E-state index contributed by atoms with van der Waals surface area (Å²) in [7, 11) is 0. The van der Waals surface area contributed by atoms with E-state index < -0.39 is 11.6 Å². The molecule has 0 unspecified atom stereocenters. The largest absolute Gasteiger partial charge is 0.455 e. The topological polar surface area (TPSA) is 68.3 Å². The minimum absolute atomic E-state index is 0.0955. The van der Waals surface area contributed by atoms with Gasteiger partial charge in [-0.3, -0.25) is 4.79 Å². The monoisotopic (exact) mass is 250 g/mol. The van der Waals surface area contributed by atoms with E-state index in [9.17, 15) is 9.59 Å². The van der Waals surface area contributed by atoms with E-state index in [-0.39, 0.29) is 11.6 Å². The number of hydrogen-bond donors (Lipinski definition) is 1. The van der Waals surface area contributed by atoms with Gasteiger partial charge in [-0.2, -0.15) is 0 Å². The number of anilines is 1. The summed E-state index contributed by atoms with van der Waals surface area (Å²) >= 11 is 0. The highest BCUT2D eigenvalue weighted by Crippen LogP contribution is 2.12. The van der Waals surface area contributed by atoms with Gasteiger partial charge < -0.3 is 10.1 Å². The number of aromatic nitrogens is 1. The number of carbonyl (C=O) groups is 2. The van der Waals surface area contributed by atoms with Crippen molar-refractivity contribution in [1.82, 2.24) is 4.98 Å². The first-order valence-electron chi connectivity index (χ1n) is 5.81. The van der Waals surface area contributed by atoms with Crippen LogP contribution in [0.25, 0.3) is 0 Å². The fourth-order valence-electron chi connectivity index (χ4n) is 1.17. The zero-order chi connectivity index (χ0) is 13.8. The molecule has 0 aromatic carbocycles. The molecule has 5 heteroatoms. The van der Waals surface area contributed by atoms with E-state index in [0.717, 1.165) is 0 Å². The number of carbonyl (C=O) groups excluding carboxylic acids is 2. The average molecular weight is 250 g/mol. The summed E-state index contributed by atoms with van der Waals surface area (Å²) in [4.78, 5) is 26.8. The Bertz CT molecular complexity index is 433. The van der Waals surface area contributed by atoms with Gasteiger partial charge >= 0.3 is 5.97 Å². The number of pyridine rings is 1. The Morgan fingerprint density at radius 1 is 1.33 bits per heavy atom. The molecular formula is C13H18N2O3. The maximum Gasteiger partial charge on any atom is 0.357 e. The van der Waals surface area contributed by atoms with Crippen LogP contribution in [-0.2, 0) is 9.53 Å². The van der Waals surface area contributed by atoms with E-state index in [0.29, 0.717) is 12.1 Å². The molecule has 1 rings (SSSR count). The zero-order valence-corrected chi connectivity index (χ0v) is 11.1. The van der Waals surface area contributed by atoms with E-state index in [4.69, 9.17) is 4.74 Å². The Morgan fingerprint density at radius 2 is 2.00 bits per heavy atom. The first-order chi connectivity index (χ1) is 8.31. The minimum Gasteiger partial charge on any atom is -0.455 e. The predicted molar refractivity (Wildman–Crippen MR) is 68.3 cm³/mol. The van der Waals surface area contributed by atoms with Gasteiger partial charge in [0, 0.05) is 6.42 Å². The number of nitrogens with one attached hydrogen (secondary N) is 1. The van der Waals surface area contributed by atoms with Crippen LogP contribution in [0.15, 0.2) is 18.3 Å². The van der Waals surface area contributed by atoms with Crippen molar-refractivity contribution in [1.29, 1.82) is 0 Å². The lowest BCUT2D eigenvalue weighted by Gasteiger charge is -2.19. The maximum absolute atomic E-state index is 11.7. The first-order valence-corrected chi connectivity index (χ1v) is 5.81. The van der Waals surface area contributed by atoms with Crippen LogP contribution in [0.5, 0.6) is 0 Å². The molecule has 0 atom stereocenters. The Labute approximate surface area is 107 Å². The van der Waals surface area contributed by atoms with Gasteiger partial charge in [0.2, 0.25) is 5.91 Å². The molecule has 98 valence electrons. The van der Waals surface area contributed by atoms with E-state index in [1.165, 1.54) is 12.3 Å². The molecule has 1 heterocycles. The standard InChI is InChI=1S/C13H18N2O3/c1-5-11(16)15-9-6-7-10(14-8-9)12(17)18-13(2,3)4/h6-8H,5H2,1-4H3,(H,15,16). The Morgan fingerprint density at radius 3 is 2.44 bits per heavy atom. The molecule has 0 aliphatic rings. The van der Waals surface area contributed by atoms with Crippen molar-refractivity contribution < 1.29 is 14.3 Å². The van der Waals surface area contributed by atoms with Crippen LogP contribution in [0.4, 0.5) is 5.69 Å². The normalized spacial score (nSPS) is 10.9. The summed E-state index contributed by atoms with van der Waals surface area (Å²) < 4.78 is 5.18. The minimum atomic E-state index is -0.548. The van der Waals surface area contributed by atoms with Gasteiger partial charge in [-0.1, -0.05) is 6.92 Å². The summed E-state index contributed by atoms with van der Waals surface area (Å²) in [6, 6.07) is 3.15. The van der Waals surface area contributed by atoms with Crippen molar-refractivity contribution >= 4 is 17.6 Å². The fraction of sp³-hybridized carbons (Fsp3) is 0.462. The molecule has 0 aliphatic carbocycles. The van der Waals surface area contributed by atoms with Crippen LogP contribution in [-0.4, -0.2) is 22.5 Å². The maximum atomic E-state index is 11.7. The molecule has 0 spiro atoms. The van der Waals surface area contributed by atoms with Crippen LogP contribution >= 0.6 is 0 Å². The first kappa shape index (κ1) is 14.2. The molecule has 0 saturated carbocycles. The zero-order valence-electron chi connectivity index (χ0n) is 11.1. The molecule has 0 bridgehead atoms. The van der Waals surface area contributed by atoms with Gasteiger partial charge in [-0.15, -0.1) is 0 Å². The molecule has 1 aromatic heterocycles. The van der Waals surface area contributed by atoms with Gasteiger partial charge in [-0.05, 0) is 32.9 Å². The van der Waals surface area contributed by atoms with Crippen molar-refractivity contribution in [2.24, 2.45) is 0 Å². The molecule has 0 aliphatic heterocycles. The second-order valence-corrected chi connectivity index (χ2v) is 4.84. The van der Waals surface area contributed by atoms with Crippen LogP contribution in [0.3, 0.4) is 0 Å². The lowest BCUT2D eigenvalue weighted by atomic mass is 10.2. The second-order valence-electron chi connectivity index (χ2n) is 4.84. The Kier molecular flexibility index (Phi) is 4.42. The van der Waals surface area contributed by atoms with E-state index >= 15 is 0 Å². The smallest absolute Gasteiger partial charge is 0.357 e. The highest BCUT2D eigenvalue weighted by atomic mass is 16.6. The van der Waals surface area contributed by atoms with Crippen LogP contribution in [0.1, 0.15) is 44.6 Å². The van der Waals surface area contributed by atoms with Crippen molar-refractivity contribution in [3.05, 3.63) is 24.0 Å². The Hall–Kier alpha value is -1.91. The van der Waals surface area contributed by atoms with E-state index in [2.05, 4.69) is 10.3 Å². The Balaban J connectivity index is 2.71. The van der Waals surface area contributed by atoms with E-state index in [1.807, 2.05) is 0 Å². The second kappa shape index (κ2) is 5.62. The van der Waals surface area contributed by atoms with Crippen LogP contribution < -0.4 is 5.32 Å². The highest BCUT2D eigenvalue weighted by molar-refractivity contribution is 5.91. The van der Waals surface area contributed by atoms with E-state index in [1.54, 1.807) is 33.8 Å². The molecule has 0 saturated heterocycles. The van der Waals surface area contributed by atoms with Gasteiger partial charge in [0.15, 0.2) is 0 Å². The van der Waals surface area contributed by atoms with Crippen LogP contribution in [0.2, 0.25) is 0 Å². The number of hydrogen-bond acceptors (Lipinski definition) is 4. The summed E-state index contributed by atoms with van der Waals surface area (Å²) in [6.45, 7) is 7.14. The summed E-state index contributed by atoms with van der Waals surface area (Å²) in [5.41, 5.74) is 0.238.